The Morgan fingerprint density at radius 2 is 1.92 bits per heavy atom. The van der Waals surface area contributed by atoms with Crippen molar-refractivity contribution >= 4 is 29.2 Å². The summed E-state index contributed by atoms with van der Waals surface area (Å²) >= 11 is 5.78. The number of benzene rings is 2. The van der Waals surface area contributed by atoms with Gasteiger partial charge in [0.15, 0.2) is 18.1 Å². The van der Waals surface area contributed by atoms with Crippen LogP contribution < -0.4 is 14.8 Å². The highest BCUT2D eigenvalue weighted by Crippen LogP contribution is 2.32. The second-order valence-electron chi connectivity index (χ2n) is 5.43. The van der Waals surface area contributed by atoms with Crippen molar-refractivity contribution in [1.29, 1.82) is 0 Å². The second-order valence-corrected chi connectivity index (χ2v) is 5.84. The summed E-state index contributed by atoms with van der Waals surface area (Å²) in [4.78, 5) is 23.9. The van der Waals surface area contributed by atoms with Crippen LogP contribution in [0.2, 0.25) is 5.02 Å². The van der Waals surface area contributed by atoms with Gasteiger partial charge in [0.05, 0.1) is 18.2 Å². The van der Waals surface area contributed by atoms with Gasteiger partial charge in [-0.2, -0.15) is 0 Å². The molecule has 0 fully saturated rings. The summed E-state index contributed by atoms with van der Waals surface area (Å²) < 4.78 is 29.5. The molecule has 0 bridgehead atoms. The van der Waals surface area contributed by atoms with Gasteiger partial charge in [-0.1, -0.05) is 17.7 Å². The van der Waals surface area contributed by atoms with E-state index in [1.54, 1.807) is 18.2 Å². The number of nitrogens with one attached hydrogen (secondary N) is 1. The van der Waals surface area contributed by atoms with Crippen LogP contribution in [-0.2, 0) is 9.53 Å². The first kappa shape index (κ1) is 18.0. The molecule has 6 nitrogen and oxygen atoms in total. The van der Waals surface area contributed by atoms with E-state index in [0.29, 0.717) is 30.4 Å². The van der Waals surface area contributed by atoms with Gasteiger partial charge < -0.3 is 19.5 Å². The van der Waals surface area contributed by atoms with Crippen LogP contribution in [0.15, 0.2) is 36.4 Å². The predicted octanol–water partition coefficient (Wildman–Crippen LogP) is 3.44. The Balaban J connectivity index is 1.59. The van der Waals surface area contributed by atoms with E-state index in [9.17, 15) is 14.0 Å². The zero-order valence-corrected chi connectivity index (χ0v) is 14.3. The van der Waals surface area contributed by atoms with Gasteiger partial charge >= 0.3 is 5.97 Å². The first-order chi connectivity index (χ1) is 12.5. The van der Waals surface area contributed by atoms with Crippen LogP contribution >= 0.6 is 11.6 Å². The number of fused-ring (bicyclic) bond motifs is 1. The van der Waals surface area contributed by atoms with Gasteiger partial charge in [-0.05, 0) is 24.3 Å². The first-order valence-corrected chi connectivity index (χ1v) is 8.23. The van der Waals surface area contributed by atoms with E-state index in [1.165, 1.54) is 12.1 Å². The molecule has 0 aromatic heterocycles. The highest BCUT2D eigenvalue weighted by molar-refractivity contribution is 6.33. The summed E-state index contributed by atoms with van der Waals surface area (Å²) in [5, 5.41) is 2.49. The van der Waals surface area contributed by atoms with E-state index in [-0.39, 0.29) is 5.02 Å². The van der Waals surface area contributed by atoms with Crippen LogP contribution in [0.3, 0.4) is 0 Å². The molecule has 2 aromatic rings. The standard InChI is InChI=1S/C18H15ClFNO5/c19-12-3-1-4-13(20)17(12)18(23)26-10-16(22)21-11-5-6-14-15(9-11)25-8-2-7-24-14/h1,3-6,9H,2,7-8,10H2,(H,21,22). The third-order valence-electron chi connectivity index (χ3n) is 3.53. The normalized spacial score (nSPS) is 12.8. The molecule has 0 unspecified atom stereocenters. The molecule has 0 spiro atoms. The fourth-order valence-electron chi connectivity index (χ4n) is 2.33. The first-order valence-electron chi connectivity index (χ1n) is 7.85. The lowest BCUT2D eigenvalue weighted by Gasteiger charge is -2.11. The van der Waals surface area contributed by atoms with Crippen LogP contribution in [0.25, 0.3) is 0 Å². The molecular formula is C18H15ClFNO5. The smallest absolute Gasteiger partial charge is 0.343 e. The number of ether oxygens (including phenoxy) is 3. The molecule has 1 heterocycles. The molecule has 2 aromatic carbocycles. The number of halogens is 2. The molecule has 0 saturated heterocycles. The third-order valence-corrected chi connectivity index (χ3v) is 3.85. The molecule has 26 heavy (non-hydrogen) atoms. The Bertz CT molecular complexity index is 822. The molecule has 1 N–H and O–H groups in total. The van der Waals surface area contributed by atoms with Gasteiger partial charge in [-0.3, -0.25) is 4.79 Å². The van der Waals surface area contributed by atoms with E-state index < -0.39 is 29.9 Å². The Labute approximate surface area is 153 Å². The highest BCUT2D eigenvalue weighted by atomic mass is 35.5. The Morgan fingerprint density at radius 1 is 1.15 bits per heavy atom. The van der Waals surface area contributed by atoms with Crippen molar-refractivity contribution in [2.45, 2.75) is 6.42 Å². The molecule has 136 valence electrons. The van der Waals surface area contributed by atoms with Crippen LogP contribution in [0.5, 0.6) is 11.5 Å². The molecule has 0 radical (unpaired) electrons. The lowest BCUT2D eigenvalue weighted by Crippen LogP contribution is -2.21. The zero-order chi connectivity index (χ0) is 18.5. The zero-order valence-electron chi connectivity index (χ0n) is 13.6. The van der Waals surface area contributed by atoms with Crippen molar-refractivity contribution in [1.82, 2.24) is 0 Å². The summed E-state index contributed by atoms with van der Waals surface area (Å²) in [5.74, 6) is -1.29. The number of carbonyl (C=O) groups excluding carboxylic acids is 2. The lowest BCUT2D eigenvalue weighted by molar-refractivity contribution is -0.119. The van der Waals surface area contributed by atoms with Gasteiger partial charge in [-0.25, -0.2) is 9.18 Å². The minimum Gasteiger partial charge on any atom is -0.490 e. The van der Waals surface area contributed by atoms with Crippen LogP contribution in [-0.4, -0.2) is 31.7 Å². The highest BCUT2D eigenvalue weighted by Gasteiger charge is 2.19. The minimum atomic E-state index is -1.01. The average molecular weight is 380 g/mol. The van der Waals surface area contributed by atoms with Crippen molar-refractivity contribution in [2.24, 2.45) is 0 Å². The molecule has 0 aliphatic carbocycles. The Morgan fingerprint density at radius 3 is 2.69 bits per heavy atom. The quantitative estimate of drug-likeness (QED) is 0.824. The lowest BCUT2D eigenvalue weighted by atomic mass is 10.2. The van der Waals surface area contributed by atoms with Gasteiger partial charge in [0.2, 0.25) is 0 Å². The Kier molecular flexibility index (Phi) is 5.58. The number of anilines is 1. The summed E-state index contributed by atoms with van der Waals surface area (Å²) in [5.41, 5.74) is 0.0526. The average Bonchev–Trinajstić information content (AvgIpc) is 2.85. The monoisotopic (exact) mass is 379 g/mol. The maximum Gasteiger partial charge on any atom is 0.343 e. The number of hydrogen-bond acceptors (Lipinski definition) is 5. The maximum absolute atomic E-state index is 13.7. The van der Waals surface area contributed by atoms with Gasteiger partial charge in [-0.15, -0.1) is 0 Å². The van der Waals surface area contributed by atoms with E-state index in [2.05, 4.69) is 5.32 Å². The number of amides is 1. The van der Waals surface area contributed by atoms with Crippen molar-refractivity contribution < 1.29 is 28.2 Å². The number of hydrogen-bond donors (Lipinski definition) is 1. The fourth-order valence-corrected chi connectivity index (χ4v) is 2.57. The molecule has 0 saturated carbocycles. The van der Waals surface area contributed by atoms with Crippen molar-refractivity contribution in [3.05, 3.63) is 52.8 Å². The van der Waals surface area contributed by atoms with Crippen molar-refractivity contribution in [2.75, 3.05) is 25.1 Å². The van der Waals surface area contributed by atoms with Crippen molar-refractivity contribution in [3.63, 3.8) is 0 Å². The number of esters is 1. The summed E-state index contributed by atoms with van der Waals surface area (Å²) in [6.45, 7) is 0.497. The second kappa shape index (κ2) is 8.05. The van der Waals surface area contributed by atoms with E-state index >= 15 is 0 Å². The van der Waals surface area contributed by atoms with E-state index in [1.807, 2.05) is 0 Å². The molecule has 1 aliphatic rings. The maximum atomic E-state index is 13.7. The molecule has 8 heteroatoms. The predicted molar refractivity (Wildman–Crippen MR) is 92.4 cm³/mol. The van der Waals surface area contributed by atoms with E-state index in [4.69, 9.17) is 25.8 Å². The molecule has 0 atom stereocenters. The molecule has 1 aliphatic heterocycles. The summed E-state index contributed by atoms with van der Waals surface area (Å²) in [6.07, 6.45) is 0.769. The Hall–Kier alpha value is -2.80. The third kappa shape index (κ3) is 4.23. The minimum absolute atomic E-state index is 0.0849. The summed E-state index contributed by atoms with van der Waals surface area (Å²) in [7, 11) is 0. The van der Waals surface area contributed by atoms with Crippen LogP contribution in [0.1, 0.15) is 16.8 Å². The summed E-state index contributed by atoms with van der Waals surface area (Å²) in [6, 6.07) is 8.75. The van der Waals surface area contributed by atoms with E-state index in [0.717, 1.165) is 12.5 Å². The largest absolute Gasteiger partial charge is 0.490 e. The van der Waals surface area contributed by atoms with Gasteiger partial charge in [0.1, 0.15) is 11.4 Å². The topological polar surface area (TPSA) is 73.9 Å². The molecule has 3 rings (SSSR count). The number of rotatable bonds is 4. The van der Waals surface area contributed by atoms with Gasteiger partial charge in [0.25, 0.3) is 5.91 Å². The SMILES string of the molecule is O=C(COC(=O)c1c(F)cccc1Cl)Nc1ccc2c(c1)OCCCO2. The van der Waals surface area contributed by atoms with Gasteiger partial charge in [0, 0.05) is 18.2 Å². The fraction of sp³-hybridized carbons (Fsp3) is 0.222. The van der Waals surface area contributed by atoms with Crippen LogP contribution in [0.4, 0.5) is 10.1 Å². The number of carbonyl (C=O) groups is 2. The van der Waals surface area contributed by atoms with Crippen molar-refractivity contribution in [3.8, 4) is 11.5 Å². The molecule has 1 amide bonds. The molecular weight excluding hydrogens is 365 g/mol. The van der Waals surface area contributed by atoms with Crippen LogP contribution in [0, 0.1) is 5.82 Å².